The molecule has 7 heteroatoms. The minimum absolute atomic E-state index is 0.0855. The molecule has 0 spiro atoms. The fourth-order valence-corrected chi connectivity index (χ4v) is 3.87. The number of hydrogen-bond acceptors (Lipinski definition) is 5. The van der Waals surface area contributed by atoms with E-state index in [1.54, 1.807) is 42.3 Å². The summed E-state index contributed by atoms with van der Waals surface area (Å²) in [4.78, 5) is 29.3. The highest BCUT2D eigenvalue weighted by atomic mass is 32.1. The number of anilines is 1. The Morgan fingerprint density at radius 1 is 1.27 bits per heavy atom. The number of nitrogens with zero attached hydrogens (tertiary/aromatic N) is 2. The summed E-state index contributed by atoms with van der Waals surface area (Å²) < 4.78 is 0. The van der Waals surface area contributed by atoms with Gasteiger partial charge in [-0.15, -0.1) is 11.3 Å². The number of piperidine rings is 1. The Labute approximate surface area is 156 Å². The van der Waals surface area contributed by atoms with Crippen molar-refractivity contribution < 1.29 is 19.8 Å². The van der Waals surface area contributed by atoms with Crippen LogP contribution < -0.4 is 4.90 Å². The largest absolute Gasteiger partial charge is 0.396 e. The lowest BCUT2D eigenvalue weighted by Gasteiger charge is -2.35. The zero-order valence-corrected chi connectivity index (χ0v) is 15.4. The van der Waals surface area contributed by atoms with Gasteiger partial charge in [-0.1, -0.05) is 18.2 Å². The van der Waals surface area contributed by atoms with Crippen LogP contribution in [0.2, 0.25) is 0 Å². The lowest BCUT2D eigenvalue weighted by Crippen LogP contribution is -2.47. The fraction of sp³-hybridized carbons (Fsp3) is 0.368. The van der Waals surface area contributed by atoms with Crippen LogP contribution >= 0.6 is 11.3 Å². The van der Waals surface area contributed by atoms with Gasteiger partial charge in [0.05, 0.1) is 22.2 Å². The van der Waals surface area contributed by atoms with Crippen molar-refractivity contribution in [1.29, 1.82) is 0 Å². The van der Waals surface area contributed by atoms with Crippen molar-refractivity contribution in [2.75, 3.05) is 31.6 Å². The van der Waals surface area contributed by atoms with E-state index < -0.39 is 6.10 Å². The number of likely N-dealkylation sites (tertiary alicyclic amines) is 1. The van der Waals surface area contributed by atoms with Gasteiger partial charge in [0.15, 0.2) is 0 Å². The first kappa shape index (κ1) is 18.6. The molecule has 0 saturated carbocycles. The smallest absolute Gasteiger partial charge is 0.268 e. The number of para-hydroxylation sites is 1. The number of thiophene rings is 1. The Morgan fingerprint density at radius 2 is 2.04 bits per heavy atom. The van der Waals surface area contributed by atoms with Gasteiger partial charge in [-0.25, -0.2) is 0 Å². The standard InChI is InChI=1S/C19H22N2O4S/c1-20(19(25)17-7-4-10-26-17)15-6-3-2-5-14(15)18(24)21-9-8-13(12-22)16(23)11-21/h2-7,10,13,16,22-23H,8-9,11-12H2,1H3/t13-,16-/m1/s1. The van der Waals surface area contributed by atoms with E-state index >= 15 is 0 Å². The zero-order chi connectivity index (χ0) is 18.7. The Balaban J connectivity index is 1.83. The molecule has 1 aliphatic rings. The highest BCUT2D eigenvalue weighted by molar-refractivity contribution is 7.12. The van der Waals surface area contributed by atoms with Crippen molar-refractivity contribution in [2.24, 2.45) is 5.92 Å². The van der Waals surface area contributed by atoms with E-state index in [0.29, 0.717) is 29.1 Å². The molecule has 1 fully saturated rings. The molecule has 2 heterocycles. The van der Waals surface area contributed by atoms with E-state index in [-0.39, 0.29) is 30.9 Å². The van der Waals surface area contributed by atoms with E-state index in [0.717, 1.165) is 0 Å². The van der Waals surface area contributed by atoms with Crippen LogP contribution in [0.5, 0.6) is 0 Å². The predicted octanol–water partition coefficient (Wildman–Crippen LogP) is 1.84. The van der Waals surface area contributed by atoms with Gasteiger partial charge in [0.2, 0.25) is 0 Å². The number of aliphatic hydroxyl groups excluding tert-OH is 2. The molecule has 138 valence electrons. The monoisotopic (exact) mass is 374 g/mol. The summed E-state index contributed by atoms with van der Waals surface area (Å²) in [7, 11) is 1.65. The maximum absolute atomic E-state index is 13.0. The molecule has 0 unspecified atom stereocenters. The second-order valence-corrected chi connectivity index (χ2v) is 7.36. The highest BCUT2D eigenvalue weighted by Crippen LogP contribution is 2.26. The van der Waals surface area contributed by atoms with Crippen molar-refractivity contribution in [1.82, 2.24) is 4.90 Å². The van der Waals surface area contributed by atoms with Gasteiger partial charge in [-0.2, -0.15) is 0 Å². The van der Waals surface area contributed by atoms with E-state index in [2.05, 4.69) is 0 Å². The molecule has 0 aliphatic carbocycles. The van der Waals surface area contributed by atoms with Gasteiger partial charge in [0.1, 0.15) is 0 Å². The number of benzene rings is 1. The van der Waals surface area contributed by atoms with Crippen LogP contribution in [0.15, 0.2) is 41.8 Å². The van der Waals surface area contributed by atoms with E-state index in [1.165, 1.54) is 16.2 Å². The number of β-amino-alcohol motifs (C(OH)–C–C–N with tert-alkyl or cyclic N) is 1. The Hall–Kier alpha value is -2.22. The van der Waals surface area contributed by atoms with Crippen molar-refractivity contribution in [3.05, 3.63) is 52.2 Å². The van der Waals surface area contributed by atoms with Gasteiger partial charge in [0.25, 0.3) is 11.8 Å². The predicted molar refractivity (Wildman–Crippen MR) is 101 cm³/mol. The summed E-state index contributed by atoms with van der Waals surface area (Å²) in [6.07, 6.45) is -0.189. The molecule has 0 bridgehead atoms. The molecule has 1 saturated heterocycles. The van der Waals surface area contributed by atoms with Crippen molar-refractivity contribution in [2.45, 2.75) is 12.5 Å². The topological polar surface area (TPSA) is 81.1 Å². The van der Waals surface area contributed by atoms with E-state index in [4.69, 9.17) is 0 Å². The van der Waals surface area contributed by atoms with Gasteiger partial charge in [-0.05, 0) is 30.0 Å². The first-order chi connectivity index (χ1) is 12.5. The van der Waals surface area contributed by atoms with Crippen LogP contribution in [0.4, 0.5) is 5.69 Å². The summed E-state index contributed by atoms with van der Waals surface area (Å²) in [5.74, 6) is -0.585. The summed E-state index contributed by atoms with van der Waals surface area (Å²) in [6, 6.07) is 10.6. The number of aliphatic hydroxyl groups is 2. The molecule has 2 amide bonds. The number of carbonyl (C=O) groups excluding carboxylic acids is 2. The van der Waals surface area contributed by atoms with Crippen LogP contribution in [0, 0.1) is 5.92 Å². The molecule has 2 atom stereocenters. The number of rotatable bonds is 4. The SMILES string of the molecule is CN(C(=O)c1cccs1)c1ccccc1C(=O)N1CC[C@H](CO)[C@H](O)C1. The second-order valence-electron chi connectivity index (χ2n) is 6.41. The quantitative estimate of drug-likeness (QED) is 0.856. The first-order valence-corrected chi connectivity index (χ1v) is 9.39. The zero-order valence-electron chi connectivity index (χ0n) is 14.5. The minimum atomic E-state index is -0.740. The molecular formula is C19H22N2O4S. The number of carbonyl (C=O) groups is 2. The highest BCUT2D eigenvalue weighted by Gasteiger charge is 2.31. The van der Waals surface area contributed by atoms with Gasteiger partial charge >= 0.3 is 0 Å². The maximum atomic E-state index is 13.0. The van der Waals surface area contributed by atoms with Crippen molar-refractivity contribution >= 4 is 28.8 Å². The van der Waals surface area contributed by atoms with Crippen LogP contribution in [-0.2, 0) is 0 Å². The summed E-state index contributed by atoms with van der Waals surface area (Å²) in [5, 5.41) is 21.2. The Morgan fingerprint density at radius 3 is 2.69 bits per heavy atom. The second kappa shape index (κ2) is 7.99. The van der Waals surface area contributed by atoms with Gasteiger partial charge < -0.3 is 20.0 Å². The van der Waals surface area contributed by atoms with Crippen LogP contribution in [-0.4, -0.2) is 59.8 Å². The summed E-state index contributed by atoms with van der Waals surface area (Å²) in [5.41, 5.74) is 0.962. The van der Waals surface area contributed by atoms with Crippen molar-refractivity contribution in [3.8, 4) is 0 Å². The molecule has 6 nitrogen and oxygen atoms in total. The van der Waals surface area contributed by atoms with E-state index in [1.807, 2.05) is 11.4 Å². The van der Waals surface area contributed by atoms with Crippen molar-refractivity contribution in [3.63, 3.8) is 0 Å². The Bertz CT molecular complexity index is 778. The molecule has 26 heavy (non-hydrogen) atoms. The average molecular weight is 374 g/mol. The third kappa shape index (κ3) is 3.65. The number of amides is 2. The Kier molecular flexibility index (Phi) is 5.70. The normalized spacial score (nSPS) is 20.0. The van der Waals surface area contributed by atoms with E-state index in [9.17, 15) is 19.8 Å². The van der Waals surface area contributed by atoms with Crippen LogP contribution in [0.25, 0.3) is 0 Å². The fourth-order valence-electron chi connectivity index (χ4n) is 3.17. The molecule has 1 aliphatic heterocycles. The molecule has 1 aromatic carbocycles. The third-order valence-corrected chi connectivity index (χ3v) is 5.63. The lowest BCUT2D eigenvalue weighted by molar-refractivity contribution is 0.000900. The molecule has 2 aromatic rings. The molecule has 1 aromatic heterocycles. The van der Waals surface area contributed by atoms with Gasteiger partial charge in [-0.3, -0.25) is 9.59 Å². The van der Waals surface area contributed by atoms with Crippen LogP contribution in [0.1, 0.15) is 26.5 Å². The molecule has 0 radical (unpaired) electrons. The number of hydrogen-bond donors (Lipinski definition) is 2. The average Bonchev–Trinajstić information content (AvgIpc) is 3.21. The molecule has 2 N–H and O–H groups in total. The summed E-state index contributed by atoms with van der Waals surface area (Å²) in [6.45, 7) is 0.566. The lowest BCUT2D eigenvalue weighted by atomic mass is 9.94. The van der Waals surface area contributed by atoms with Crippen LogP contribution in [0.3, 0.4) is 0 Å². The minimum Gasteiger partial charge on any atom is -0.396 e. The summed E-state index contributed by atoms with van der Waals surface area (Å²) >= 11 is 1.36. The maximum Gasteiger partial charge on any atom is 0.268 e. The van der Waals surface area contributed by atoms with Gasteiger partial charge in [0, 0.05) is 32.7 Å². The molecule has 3 rings (SSSR count). The molecular weight excluding hydrogens is 352 g/mol. The first-order valence-electron chi connectivity index (χ1n) is 8.51. The third-order valence-electron chi connectivity index (χ3n) is 4.78.